The summed E-state index contributed by atoms with van der Waals surface area (Å²) in [6.45, 7) is 6.97. The Bertz CT molecular complexity index is 317. The van der Waals surface area contributed by atoms with Crippen LogP contribution in [-0.2, 0) is 6.54 Å². The van der Waals surface area contributed by atoms with Crippen molar-refractivity contribution in [2.45, 2.75) is 39.3 Å². The summed E-state index contributed by atoms with van der Waals surface area (Å²) in [4.78, 5) is 4.05. The summed E-state index contributed by atoms with van der Waals surface area (Å²) in [5, 5.41) is 2.16. The topological polar surface area (TPSA) is 3.24 Å². The van der Waals surface area contributed by atoms with Gasteiger partial charge in [0.25, 0.3) is 0 Å². The SMILES string of the molecule is CC(C)N(Cc1sccc1Br)CC1CC1. The van der Waals surface area contributed by atoms with Crippen LogP contribution in [0.4, 0.5) is 0 Å². The van der Waals surface area contributed by atoms with E-state index in [-0.39, 0.29) is 0 Å². The van der Waals surface area contributed by atoms with Gasteiger partial charge in [-0.2, -0.15) is 0 Å². The fourth-order valence-corrected chi connectivity index (χ4v) is 3.21. The van der Waals surface area contributed by atoms with E-state index in [4.69, 9.17) is 0 Å². The Morgan fingerprint density at radius 3 is 2.73 bits per heavy atom. The zero-order valence-corrected chi connectivity index (χ0v) is 11.8. The molecule has 1 saturated carbocycles. The lowest BCUT2D eigenvalue weighted by molar-refractivity contribution is 0.205. The second-order valence-corrected chi connectivity index (χ2v) is 6.51. The summed E-state index contributed by atoms with van der Waals surface area (Å²) in [6.07, 6.45) is 2.88. The van der Waals surface area contributed by atoms with Crippen molar-refractivity contribution in [2.24, 2.45) is 5.92 Å². The van der Waals surface area contributed by atoms with Crippen LogP contribution in [0, 0.1) is 5.92 Å². The minimum atomic E-state index is 0.652. The van der Waals surface area contributed by atoms with Crippen LogP contribution in [-0.4, -0.2) is 17.5 Å². The van der Waals surface area contributed by atoms with E-state index in [0.717, 1.165) is 12.5 Å². The van der Waals surface area contributed by atoms with E-state index >= 15 is 0 Å². The lowest BCUT2D eigenvalue weighted by atomic mass is 10.2. The van der Waals surface area contributed by atoms with Crippen LogP contribution in [0.5, 0.6) is 0 Å². The fraction of sp³-hybridized carbons (Fsp3) is 0.667. The lowest BCUT2D eigenvalue weighted by Gasteiger charge is -2.26. The first kappa shape index (κ1) is 11.6. The van der Waals surface area contributed by atoms with Gasteiger partial charge in [-0.1, -0.05) is 0 Å². The van der Waals surface area contributed by atoms with Gasteiger partial charge >= 0.3 is 0 Å². The first-order valence-corrected chi connectivity index (χ1v) is 7.30. The Labute approximate surface area is 105 Å². The predicted octanol–water partition coefficient (Wildman–Crippen LogP) is 4.13. The standard InChI is InChI=1S/C12H18BrNS/c1-9(2)14(7-10-3-4-10)8-12-11(13)5-6-15-12/h5-6,9-10H,3-4,7-8H2,1-2H3. The molecule has 15 heavy (non-hydrogen) atoms. The lowest BCUT2D eigenvalue weighted by Crippen LogP contribution is -2.32. The summed E-state index contributed by atoms with van der Waals surface area (Å²) in [7, 11) is 0. The van der Waals surface area contributed by atoms with Crippen LogP contribution in [0.15, 0.2) is 15.9 Å². The molecule has 1 aliphatic carbocycles. The molecule has 1 aromatic rings. The summed E-state index contributed by atoms with van der Waals surface area (Å²) in [5.74, 6) is 0.978. The monoisotopic (exact) mass is 287 g/mol. The fourth-order valence-electron chi connectivity index (χ4n) is 1.71. The quantitative estimate of drug-likeness (QED) is 0.787. The zero-order chi connectivity index (χ0) is 10.8. The number of halogens is 1. The van der Waals surface area contributed by atoms with Gasteiger partial charge in [-0.15, -0.1) is 11.3 Å². The van der Waals surface area contributed by atoms with Crippen LogP contribution in [0.2, 0.25) is 0 Å². The van der Waals surface area contributed by atoms with Crippen molar-refractivity contribution in [3.63, 3.8) is 0 Å². The van der Waals surface area contributed by atoms with Gasteiger partial charge in [0.05, 0.1) is 0 Å². The van der Waals surface area contributed by atoms with E-state index in [9.17, 15) is 0 Å². The molecule has 2 rings (SSSR count). The Morgan fingerprint density at radius 2 is 2.27 bits per heavy atom. The molecule has 0 saturated heterocycles. The molecule has 0 aliphatic heterocycles. The number of hydrogen-bond acceptors (Lipinski definition) is 2. The van der Waals surface area contributed by atoms with E-state index in [1.807, 2.05) is 11.3 Å². The van der Waals surface area contributed by atoms with Crippen molar-refractivity contribution >= 4 is 27.3 Å². The Morgan fingerprint density at radius 1 is 1.53 bits per heavy atom. The van der Waals surface area contributed by atoms with E-state index in [1.165, 1.54) is 28.7 Å². The van der Waals surface area contributed by atoms with Gasteiger partial charge in [0.1, 0.15) is 0 Å². The van der Waals surface area contributed by atoms with Gasteiger partial charge in [0.2, 0.25) is 0 Å². The molecule has 84 valence electrons. The molecule has 1 fully saturated rings. The number of hydrogen-bond donors (Lipinski definition) is 0. The molecule has 0 amide bonds. The second kappa shape index (κ2) is 4.98. The predicted molar refractivity (Wildman–Crippen MR) is 70.3 cm³/mol. The highest BCUT2D eigenvalue weighted by Gasteiger charge is 2.25. The molecule has 0 aromatic carbocycles. The molecule has 0 N–H and O–H groups in total. The maximum atomic E-state index is 3.61. The Balaban J connectivity index is 1.96. The highest BCUT2D eigenvalue weighted by atomic mass is 79.9. The van der Waals surface area contributed by atoms with Crippen LogP contribution in [0.3, 0.4) is 0 Å². The van der Waals surface area contributed by atoms with Crippen molar-refractivity contribution < 1.29 is 0 Å². The maximum absolute atomic E-state index is 3.61. The average molecular weight is 288 g/mol. The Kier molecular flexibility index (Phi) is 3.86. The van der Waals surface area contributed by atoms with Crippen molar-refractivity contribution in [3.05, 3.63) is 20.8 Å². The molecule has 1 aliphatic rings. The minimum absolute atomic E-state index is 0.652. The number of thiophene rings is 1. The summed E-state index contributed by atoms with van der Waals surface area (Å²) in [5.41, 5.74) is 0. The molecule has 3 heteroatoms. The highest BCUT2D eigenvalue weighted by molar-refractivity contribution is 9.10. The smallest absolute Gasteiger partial charge is 0.0342 e. The molecule has 1 nitrogen and oxygen atoms in total. The van der Waals surface area contributed by atoms with Gasteiger partial charge < -0.3 is 0 Å². The molecule has 1 aromatic heterocycles. The maximum Gasteiger partial charge on any atom is 0.0342 e. The molecule has 0 atom stereocenters. The normalized spacial score (nSPS) is 16.6. The molecular weight excluding hydrogens is 270 g/mol. The molecular formula is C12H18BrNS. The third-order valence-corrected chi connectivity index (χ3v) is 4.87. The van der Waals surface area contributed by atoms with Gasteiger partial charge in [0.15, 0.2) is 0 Å². The first-order chi connectivity index (χ1) is 7.16. The number of nitrogens with zero attached hydrogens (tertiary/aromatic N) is 1. The molecule has 0 spiro atoms. The highest BCUT2D eigenvalue weighted by Crippen LogP contribution is 2.32. The van der Waals surface area contributed by atoms with E-state index in [2.05, 4.69) is 46.1 Å². The summed E-state index contributed by atoms with van der Waals surface area (Å²) >= 11 is 5.46. The van der Waals surface area contributed by atoms with Crippen molar-refractivity contribution in [3.8, 4) is 0 Å². The minimum Gasteiger partial charge on any atom is -0.296 e. The van der Waals surface area contributed by atoms with Crippen LogP contribution >= 0.6 is 27.3 Å². The van der Waals surface area contributed by atoms with E-state index in [0.29, 0.717) is 6.04 Å². The molecule has 0 radical (unpaired) electrons. The first-order valence-electron chi connectivity index (χ1n) is 5.62. The van der Waals surface area contributed by atoms with Crippen molar-refractivity contribution in [2.75, 3.05) is 6.54 Å². The van der Waals surface area contributed by atoms with E-state index < -0.39 is 0 Å². The zero-order valence-electron chi connectivity index (χ0n) is 9.37. The van der Waals surface area contributed by atoms with Gasteiger partial charge in [0, 0.05) is 28.5 Å². The van der Waals surface area contributed by atoms with E-state index in [1.54, 1.807) is 0 Å². The van der Waals surface area contributed by atoms with Crippen LogP contribution < -0.4 is 0 Å². The molecule has 0 unspecified atom stereocenters. The van der Waals surface area contributed by atoms with Crippen molar-refractivity contribution in [1.82, 2.24) is 4.90 Å². The van der Waals surface area contributed by atoms with Crippen molar-refractivity contribution in [1.29, 1.82) is 0 Å². The van der Waals surface area contributed by atoms with Gasteiger partial charge in [-0.3, -0.25) is 4.90 Å². The summed E-state index contributed by atoms with van der Waals surface area (Å²) in [6, 6.07) is 2.80. The third-order valence-electron chi connectivity index (χ3n) is 2.96. The largest absolute Gasteiger partial charge is 0.296 e. The second-order valence-electron chi connectivity index (χ2n) is 4.66. The Hall–Kier alpha value is 0.140. The summed E-state index contributed by atoms with van der Waals surface area (Å²) < 4.78 is 1.27. The third kappa shape index (κ3) is 3.30. The van der Waals surface area contributed by atoms with Gasteiger partial charge in [-0.05, 0) is 60.0 Å². The van der Waals surface area contributed by atoms with Crippen LogP contribution in [0.25, 0.3) is 0 Å². The van der Waals surface area contributed by atoms with Gasteiger partial charge in [-0.25, -0.2) is 0 Å². The molecule has 1 heterocycles. The van der Waals surface area contributed by atoms with Crippen LogP contribution in [0.1, 0.15) is 31.6 Å². The average Bonchev–Trinajstić information content (AvgIpc) is 2.90. The number of rotatable bonds is 5. The molecule has 0 bridgehead atoms.